The lowest BCUT2D eigenvalue weighted by atomic mass is 9.91. The molecule has 1 heterocycles. The van der Waals surface area contributed by atoms with Gasteiger partial charge < -0.3 is 4.90 Å². The molecule has 1 saturated heterocycles. The second-order valence-corrected chi connectivity index (χ2v) is 5.96. The molecule has 0 spiro atoms. The fourth-order valence-corrected chi connectivity index (χ4v) is 2.45. The number of rotatable bonds is 4. The minimum absolute atomic E-state index is 0.184. The van der Waals surface area contributed by atoms with Gasteiger partial charge in [-0.2, -0.15) is 5.26 Å². The summed E-state index contributed by atoms with van der Waals surface area (Å²) in [5.74, 6) is 0. The summed E-state index contributed by atoms with van der Waals surface area (Å²) in [6.45, 7) is 11.0. The van der Waals surface area contributed by atoms with E-state index in [-0.39, 0.29) is 5.41 Å². The first-order valence-electron chi connectivity index (χ1n) is 6.82. The quantitative estimate of drug-likeness (QED) is 0.752. The Bertz CT molecular complexity index is 267. The lowest BCUT2D eigenvalue weighted by Crippen LogP contribution is -2.41. The van der Waals surface area contributed by atoms with Crippen molar-refractivity contribution in [1.29, 1.82) is 5.26 Å². The van der Waals surface area contributed by atoms with Crippen molar-refractivity contribution in [2.45, 2.75) is 46.1 Å². The van der Waals surface area contributed by atoms with Crippen LogP contribution in [0, 0.1) is 16.7 Å². The monoisotopic (exact) mass is 237 g/mol. The summed E-state index contributed by atoms with van der Waals surface area (Å²) in [6, 6.07) is 3.06. The average Bonchev–Trinajstić information content (AvgIpc) is 2.48. The van der Waals surface area contributed by atoms with Crippen LogP contribution in [0.1, 0.15) is 40.0 Å². The first kappa shape index (κ1) is 14.5. The van der Waals surface area contributed by atoms with Gasteiger partial charge in [0.25, 0.3) is 0 Å². The summed E-state index contributed by atoms with van der Waals surface area (Å²) < 4.78 is 0. The standard InChI is InChI=1S/C14H27N3/c1-5-13-11-16(4)8-6-9-17(13)10-7-14(2,3)12-15/h13H,5-11H2,1-4H3. The summed E-state index contributed by atoms with van der Waals surface area (Å²) in [5.41, 5.74) is -0.184. The van der Waals surface area contributed by atoms with Crippen LogP contribution in [0.3, 0.4) is 0 Å². The van der Waals surface area contributed by atoms with E-state index >= 15 is 0 Å². The maximum atomic E-state index is 9.07. The third-order valence-corrected chi connectivity index (χ3v) is 3.82. The van der Waals surface area contributed by atoms with Crippen LogP contribution in [0.4, 0.5) is 0 Å². The van der Waals surface area contributed by atoms with Crippen LogP contribution in [0.2, 0.25) is 0 Å². The maximum absolute atomic E-state index is 9.07. The molecule has 1 rings (SSSR count). The van der Waals surface area contributed by atoms with E-state index in [1.807, 2.05) is 13.8 Å². The molecule has 0 radical (unpaired) electrons. The van der Waals surface area contributed by atoms with Gasteiger partial charge in [-0.3, -0.25) is 4.90 Å². The van der Waals surface area contributed by atoms with Crippen molar-refractivity contribution in [3.05, 3.63) is 0 Å². The Hall–Kier alpha value is -0.590. The second kappa shape index (κ2) is 6.37. The van der Waals surface area contributed by atoms with E-state index in [9.17, 15) is 0 Å². The number of hydrogen-bond donors (Lipinski definition) is 0. The zero-order valence-electron chi connectivity index (χ0n) is 11.9. The van der Waals surface area contributed by atoms with Crippen molar-refractivity contribution in [2.75, 3.05) is 33.2 Å². The van der Waals surface area contributed by atoms with Crippen LogP contribution in [-0.2, 0) is 0 Å². The first-order valence-corrected chi connectivity index (χ1v) is 6.82. The SMILES string of the molecule is CCC1CN(C)CCCN1CCC(C)(C)C#N. The van der Waals surface area contributed by atoms with Gasteiger partial charge in [0.05, 0.1) is 11.5 Å². The van der Waals surface area contributed by atoms with Gasteiger partial charge in [-0.15, -0.1) is 0 Å². The predicted octanol–water partition coefficient (Wildman–Crippen LogP) is 2.34. The molecule has 1 aliphatic rings. The summed E-state index contributed by atoms with van der Waals surface area (Å²) >= 11 is 0. The predicted molar refractivity (Wildman–Crippen MR) is 71.8 cm³/mol. The molecular weight excluding hydrogens is 210 g/mol. The van der Waals surface area contributed by atoms with Crippen molar-refractivity contribution < 1.29 is 0 Å². The molecule has 98 valence electrons. The van der Waals surface area contributed by atoms with Crippen LogP contribution in [0.25, 0.3) is 0 Å². The second-order valence-electron chi connectivity index (χ2n) is 5.96. The number of nitrogens with zero attached hydrogens (tertiary/aromatic N) is 3. The number of hydrogen-bond acceptors (Lipinski definition) is 3. The van der Waals surface area contributed by atoms with Gasteiger partial charge in [0.15, 0.2) is 0 Å². The van der Waals surface area contributed by atoms with Gasteiger partial charge in [0.2, 0.25) is 0 Å². The Morgan fingerprint density at radius 1 is 1.35 bits per heavy atom. The van der Waals surface area contributed by atoms with Crippen LogP contribution in [0.15, 0.2) is 0 Å². The third kappa shape index (κ3) is 4.65. The molecule has 0 aliphatic carbocycles. The van der Waals surface area contributed by atoms with Gasteiger partial charge in [-0.25, -0.2) is 0 Å². The smallest absolute Gasteiger partial charge is 0.0684 e. The summed E-state index contributed by atoms with van der Waals surface area (Å²) in [6.07, 6.45) is 3.43. The molecule has 0 aromatic carbocycles. The Morgan fingerprint density at radius 3 is 2.65 bits per heavy atom. The molecule has 1 aliphatic heterocycles. The van der Waals surface area contributed by atoms with Gasteiger partial charge in [-0.1, -0.05) is 6.92 Å². The minimum atomic E-state index is -0.184. The normalized spacial score (nSPS) is 24.3. The van der Waals surface area contributed by atoms with Crippen LogP contribution in [-0.4, -0.2) is 49.1 Å². The molecule has 3 heteroatoms. The highest BCUT2D eigenvalue weighted by Crippen LogP contribution is 2.21. The topological polar surface area (TPSA) is 30.3 Å². The minimum Gasteiger partial charge on any atom is -0.305 e. The zero-order chi connectivity index (χ0) is 12.9. The highest BCUT2D eigenvalue weighted by molar-refractivity contribution is 4.92. The van der Waals surface area contributed by atoms with Crippen LogP contribution >= 0.6 is 0 Å². The molecule has 0 N–H and O–H groups in total. The first-order chi connectivity index (χ1) is 7.98. The van der Waals surface area contributed by atoms with E-state index in [4.69, 9.17) is 5.26 Å². The van der Waals surface area contributed by atoms with E-state index in [1.54, 1.807) is 0 Å². The molecule has 1 atom stereocenters. The highest BCUT2D eigenvalue weighted by atomic mass is 15.2. The molecular formula is C14H27N3. The van der Waals surface area contributed by atoms with Gasteiger partial charge >= 0.3 is 0 Å². The molecule has 0 amide bonds. The summed E-state index contributed by atoms with van der Waals surface area (Å²) in [7, 11) is 2.21. The molecule has 0 saturated carbocycles. The maximum Gasteiger partial charge on any atom is 0.0684 e. The molecule has 0 bridgehead atoms. The van der Waals surface area contributed by atoms with Gasteiger partial charge in [0, 0.05) is 12.6 Å². The Balaban J connectivity index is 2.52. The molecule has 0 aromatic heterocycles. The summed E-state index contributed by atoms with van der Waals surface area (Å²) in [4.78, 5) is 5.02. The van der Waals surface area contributed by atoms with E-state index < -0.39 is 0 Å². The van der Waals surface area contributed by atoms with Crippen molar-refractivity contribution in [2.24, 2.45) is 5.41 Å². The molecule has 17 heavy (non-hydrogen) atoms. The Labute approximate surface area is 106 Å². The summed E-state index contributed by atoms with van der Waals surface area (Å²) in [5, 5.41) is 9.07. The third-order valence-electron chi connectivity index (χ3n) is 3.82. The number of nitriles is 1. The largest absolute Gasteiger partial charge is 0.305 e. The van der Waals surface area contributed by atoms with Gasteiger partial charge in [-0.05, 0) is 59.8 Å². The fourth-order valence-electron chi connectivity index (χ4n) is 2.45. The van der Waals surface area contributed by atoms with Crippen LogP contribution in [0.5, 0.6) is 0 Å². The molecule has 1 fully saturated rings. The van der Waals surface area contributed by atoms with Crippen molar-refractivity contribution in [3.8, 4) is 6.07 Å². The van der Waals surface area contributed by atoms with Crippen molar-refractivity contribution in [3.63, 3.8) is 0 Å². The highest BCUT2D eigenvalue weighted by Gasteiger charge is 2.24. The van der Waals surface area contributed by atoms with Crippen LogP contribution < -0.4 is 0 Å². The lowest BCUT2D eigenvalue weighted by Gasteiger charge is -2.31. The average molecular weight is 237 g/mol. The fraction of sp³-hybridized carbons (Fsp3) is 0.929. The molecule has 0 aromatic rings. The van der Waals surface area contributed by atoms with Gasteiger partial charge in [0.1, 0.15) is 0 Å². The molecule has 1 unspecified atom stereocenters. The zero-order valence-corrected chi connectivity index (χ0v) is 11.9. The lowest BCUT2D eigenvalue weighted by molar-refractivity contribution is 0.168. The Morgan fingerprint density at radius 2 is 2.06 bits per heavy atom. The Kier molecular flexibility index (Phi) is 5.42. The van der Waals surface area contributed by atoms with E-state index in [0.29, 0.717) is 6.04 Å². The number of likely N-dealkylation sites (N-methyl/N-ethyl adjacent to an activating group) is 1. The van der Waals surface area contributed by atoms with Crippen molar-refractivity contribution in [1.82, 2.24) is 9.80 Å². The van der Waals surface area contributed by atoms with Crippen molar-refractivity contribution >= 4 is 0 Å². The van der Waals surface area contributed by atoms with E-state index in [1.165, 1.54) is 32.5 Å². The molecule has 3 nitrogen and oxygen atoms in total. The van der Waals surface area contributed by atoms with E-state index in [2.05, 4.69) is 29.8 Å². The van der Waals surface area contributed by atoms with E-state index in [0.717, 1.165) is 13.0 Å².